The molecule has 1 aliphatic rings. The molecule has 0 radical (unpaired) electrons. The molecule has 1 aliphatic heterocycles. The van der Waals surface area contributed by atoms with Crippen molar-refractivity contribution in [3.05, 3.63) is 22.7 Å². The van der Waals surface area contributed by atoms with Crippen LogP contribution in [0, 0.1) is 0 Å². The number of benzene rings is 1. The van der Waals surface area contributed by atoms with Crippen LogP contribution in [0.15, 0.2) is 22.7 Å². The molecule has 2 rings (SSSR count). The maximum Gasteiger partial charge on any atom is 0.412 e. The number of ether oxygens (including phenoxy) is 1. The number of nitrogens with zero attached hydrogens (tertiary/aromatic N) is 1. The summed E-state index contributed by atoms with van der Waals surface area (Å²) < 4.78 is 6.25. The van der Waals surface area contributed by atoms with Gasteiger partial charge in [-0.2, -0.15) is 0 Å². The summed E-state index contributed by atoms with van der Waals surface area (Å²) in [4.78, 5) is 14.2. The molecule has 1 amide bonds. The highest BCUT2D eigenvalue weighted by molar-refractivity contribution is 9.10. The van der Waals surface area contributed by atoms with Crippen LogP contribution in [0.1, 0.15) is 33.6 Å². The number of nitrogens with one attached hydrogen (secondary N) is 1. The van der Waals surface area contributed by atoms with Gasteiger partial charge in [0.05, 0.1) is 11.4 Å². The third kappa shape index (κ3) is 4.13. The van der Waals surface area contributed by atoms with Crippen LogP contribution in [-0.2, 0) is 4.74 Å². The largest absolute Gasteiger partial charge is 0.444 e. The Morgan fingerprint density at radius 3 is 2.55 bits per heavy atom. The first-order valence-electron chi connectivity index (χ1n) is 6.90. The van der Waals surface area contributed by atoms with Crippen LogP contribution in [0.2, 0.25) is 0 Å². The molecule has 1 N–H and O–H groups in total. The van der Waals surface area contributed by atoms with E-state index >= 15 is 0 Å². The van der Waals surface area contributed by atoms with E-state index in [2.05, 4.69) is 26.1 Å². The summed E-state index contributed by atoms with van der Waals surface area (Å²) in [5, 5.41) is 2.85. The molecule has 1 saturated heterocycles. The Bertz CT molecular complexity index is 491. The number of hydrogen-bond acceptors (Lipinski definition) is 3. The van der Waals surface area contributed by atoms with Crippen LogP contribution >= 0.6 is 15.9 Å². The van der Waals surface area contributed by atoms with Crippen molar-refractivity contribution in [2.75, 3.05) is 23.3 Å². The zero-order valence-electron chi connectivity index (χ0n) is 12.2. The Morgan fingerprint density at radius 2 is 1.95 bits per heavy atom. The van der Waals surface area contributed by atoms with E-state index in [-0.39, 0.29) is 0 Å². The van der Waals surface area contributed by atoms with Crippen LogP contribution in [0.3, 0.4) is 0 Å². The standard InChI is InChI=1S/C15H21BrN2O2/c1-15(2,3)20-14(19)17-12-10-11(16)6-7-13(12)18-8-4-5-9-18/h6-7,10H,4-5,8-9H2,1-3H3,(H,17,19). The van der Waals surface area contributed by atoms with Crippen LogP contribution in [0.25, 0.3) is 0 Å². The van der Waals surface area contributed by atoms with Gasteiger partial charge in [0.1, 0.15) is 5.60 Å². The van der Waals surface area contributed by atoms with Crippen molar-refractivity contribution in [2.45, 2.75) is 39.2 Å². The lowest BCUT2D eigenvalue weighted by molar-refractivity contribution is 0.0636. The molecule has 1 aromatic rings. The fourth-order valence-electron chi connectivity index (χ4n) is 2.26. The fourth-order valence-corrected chi connectivity index (χ4v) is 2.62. The monoisotopic (exact) mass is 340 g/mol. The molecule has 0 bridgehead atoms. The number of hydrogen-bond donors (Lipinski definition) is 1. The maximum absolute atomic E-state index is 11.9. The van der Waals surface area contributed by atoms with E-state index in [0.29, 0.717) is 0 Å². The number of halogens is 1. The van der Waals surface area contributed by atoms with E-state index < -0.39 is 11.7 Å². The van der Waals surface area contributed by atoms with Crippen LogP contribution in [0.4, 0.5) is 16.2 Å². The molecule has 0 aromatic heterocycles. The molecule has 1 aromatic carbocycles. The SMILES string of the molecule is CC(C)(C)OC(=O)Nc1cc(Br)ccc1N1CCCC1. The second-order valence-electron chi connectivity index (χ2n) is 5.98. The quantitative estimate of drug-likeness (QED) is 0.867. The van der Waals surface area contributed by atoms with E-state index in [9.17, 15) is 4.79 Å². The highest BCUT2D eigenvalue weighted by Gasteiger charge is 2.20. The average molecular weight is 341 g/mol. The summed E-state index contributed by atoms with van der Waals surface area (Å²) in [6.45, 7) is 7.63. The molecule has 0 spiro atoms. The summed E-state index contributed by atoms with van der Waals surface area (Å²) in [5.74, 6) is 0. The number of carbonyl (C=O) groups is 1. The van der Waals surface area contributed by atoms with E-state index in [1.807, 2.05) is 39.0 Å². The van der Waals surface area contributed by atoms with Crippen molar-refractivity contribution in [1.29, 1.82) is 0 Å². The van der Waals surface area contributed by atoms with Gasteiger partial charge >= 0.3 is 6.09 Å². The van der Waals surface area contributed by atoms with Crippen molar-refractivity contribution in [3.8, 4) is 0 Å². The minimum absolute atomic E-state index is 0.420. The van der Waals surface area contributed by atoms with E-state index in [1.54, 1.807) is 0 Å². The molecular formula is C15H21BrN2O2. The second kappa shape index (κ2) is 6.04. The highest BCUT2D eigenvalue weighted by Crippen LogP contribution is 2.32. The molecule has 4 nitrogen and oxygen atoms in total. The van der Waals surface area contributed by atoms with Gasteiger partial charge in [0.15, 0.2) is 0 Å². The van der Waals surface area contributed by atoms with Gasteiger partial charge in [-0.3, -0.25) is 5.32 Å². The van der Waals surface area contributed by atoms with E-state index in [4.69, 9.17) is 4.74 Å². The Labute approximate surface area is 128 Å². The molecule has 110 valence electrons. The maximum atomic E-state index is 11.9. The van der Waals surface area contributed by atoms with Gasteiger partial charge < -0.3 is 9.64 Å². The molecule has 0 aliphatic carbocycles. The number of carbonyl (C=O) groups excluding carboxylic acids is 1. The molecule has 5 heteroatoms. The lowest BCUT2D eigenvalue weighted by Gasteiger charge is -2.24. The second-order valence-corrected chi connectivity index (χ2v) is 6.90. The lowest BCUT2D eigenvalue weighted by atomic mass is 10.2. The average Bonchev–Trinajstić information content (AvgIpc) is 2.79. The third-order valence-electron chi connectivity index (χ3n) is 3.04. The molecule has 1 heterocycles. The van der Waals surface area contributed by atoms with Gasteiger partial charge in [-0.05, 0) is 51.8 Å². The third-order valence-corrected chi connectivity index (χ3v) is 3.53. The number of amides is 1. The first kappa shape index (κ1) is 15.2. The van der Waals surface area contributed by atoms with Gasteiger partial charge in [-0.1, -0.05) is 15.9 Å². The van der Waals surface area contributed by atoms with Gasteiger partial charge in [0.25, 0.3) is 0 Å². The Balaban J connectivity index is 2.17. The van der Waals surface area contributed by atoms with E-state index in [0.717, 1.165) is 28.9 Å². The van der Waals surface area contributed by atoms with Gasteiger partial charge in [-0.25, -0.2) is 4.79 Å². The zero-order valence-corrected chi connectivity index (χ0v) is 13.8. The summed E-state index contributed by atoms with van der Waals surface area (Å²) in [7, 11) is 0. The first-order chi connectivity index (χ1) is 9.35. The van der Waals surface area contributed by atoms with Crippen LogP contribution in [-0.4, -0.2) is 24.8 Å². The Morgan fingerprint density at radius 1 is 1.30 bits per heavy atom. The van der Waals surface area contributed by atoms with Crippen molar-refractivity contribution < 1.29 is 9.53 Å². The Kier molecular flexibility index (Phi) is 4.58. The highest BCUT2D eigenvalue weighted by atomic mass is 79.9. The summed E-state index contributed by atoms with van der Waals surface area (Å²) >= 11 is 3.45. The minimum Gasteiger partial charge on any atom is -0.444 e. The molecule has 0 atom stereocenters. The summed E-state index contributed by atoms with van der Waals surface area (Å²) in [6, 6.07) is 5.94. The summed E-state index contributed by atoms with van der Waals surface area (Å²) in [6.07, 6.45) is 1.97. The smallest absolute Gasteiger partial charge is 0.412 e. The Hall–Kier alpha value is -1.23. The van der Waals surface area contributed by atoms with Gasteiger partial charge in [0, 0.05) is 17.6 Å². The van der Waals surface area contributed by atoms with Crippen LogP contribution < -0.4 is 10.2 Å². The topological polar surface area (TPSA) is 41.6 Å². The fraction of sp³-hybridized carbons (Fsp3) is 0.533. The van der Waals surface area contributed by atoms with Gasteiger partial charge in [0.2, 0.25) is 0 Å². The van der Waals surface area contributed by atoms with Crippen molar-refractivity contribution >= 4 is 33.4 Å². The van der Waals surface area contributed by atoms with Crippen LogP contribution in [0.5, 0.6) is 0 Å². The molecule has 0 unspecified atom stereocenters. The van der Waals surface area contributed by atoms with Crippen molar-refractivity contribution in [2.24, 2.45) is 0 Å². The van der Waals surface area contributed by atoms with Crippen molar-refractivity contribution in [3.63, 3.8) is 0 Å². The first-order valence-corrected chi connectivity index (χ1v) is 7.69. The molecule has 0 saturated carbocycles. The van der Waals surface area contributed by atoms with Crippen molar-refractivity contribution in [1.82, 2.24) is 0 Å². The number of anilines is 2. The van der Waals surface area contributed by atoms with Gasteiger partial charge in [-0.15, -0.1) is 0 Å². The lowest BCUT2D eigenvalue weighted by Crippen LogP contribution is -2.28. The van der Waals surface area contributed by atoms with E-state index in [1.165, 1.54) is 12.8 Å². The molecule has 1 fully saturated rings. The predicted molar refractivity (Wildman–Crippen MR) is 85.4 cm³/mol. The normalized spacial score (nSPS) is 15.3. The number of rotatable bonds is 2. The summed E-state index contributed by atoms with van der Waals surface area (Å²) in [5.41, 5.74) is 1.34. The molecule has 20 heavy (non-hydrogen) atoms. The minimum atomic E-state index is -0.496. The predicted octanol–water partition coefficient (Wildman–Crippen LogP) is 4.40. The molecular weight excluding hydrogens is 320 g/mol. The zero-order chi connectivity index (χ0) is 14.8.